The monoisotopic (exact) mass is 276 g/mol. The molecule has 2 unspecified atom stereocenters. The Labute approximate surface area is 123 Å². The summed E-state index contributed by atoms with van der Waals surface area (Å²) < 4.78 is 6.19. The topological polar surface area (TPSA) is 45.0 Å². The normalized spacial score (nSPS) is 35.6. The molecule has 0 saturated heterocycles. The zero-order valence-corrected chi connectivity index (χ0v) is 12.6. The van der Waals surface area contributed by atoms with Crippen LogP contribution in [0.4, 0.5) is 0 Å². The van der Waals surface area contributed by atoms with Crippen molar-refractivity contribution in [1.82, 2.24) is 5.32 Å². The summed E-state index contributed by atoms with van der Waals surface area (Å²) >= 11 is 0. The maximum Gasteiger partial charge on any atom is 0.109 e. The average Bonchev–Trinajstić information content (AvgIpc) is 3.30. The first kappa shape index (κ1) is 14.4. The molecule has 3 fully saturated rings. The van der Waals surface area contributed by atoms with E-state index >= 15 is 0 Å². The maximum atomic E-state index is 9.58. The highest BCUT2D eigenvalue weighted by atomic mass is 16.5. The fourth-order valence-electron chi connectivity index (χ4n) is 3.88. The third-order valence-electron chi connectivity index (χ3n) is 5.27. The van der Waals surface area contributed by atoms with E-state index < -0.39 is 0 Å². The van der Waals surface area contributed by atoms with Gasteiger partial charge in [0, 0.05) is 19.1 Å². The lowest BCUT2D eigenvalue weighted by molar-refractivity contribution is -0.0142. The van der Waals surface area contributed by atoms with Gasteiger partial charge in [-0.3, -0.25) is 5.32 Å². The Morgan fingerprint density at radius 3 is 2.55 bits per heavy atom. The van der Waals surface area contributed by atoms with Crippen molar-refractivity contribution in [3.8, 4) is 6.07 Å². The standard InChI is InChI=1S/C17H28N2O/c18-13-17(19-15-8-9-15)10-4-7-16(11-17)20-12-14-5-2-1-3-6-14/h14-16,19H,1-12H2. The summed E-state index contributed by atoms with van der Waals surface area (Å²) in [5.41, 5.74) is -0.295. The predicted molar refractivity (Wildman–Crippen MR) is 79.3 cm³/mol. The van der Waals surface area contributed by atoms with Crippen LogP contribution in [0.3, 0.4) is 0 Å². The minimum Gasteiger partial charge on any atom is -0.378 e. The minimum atomic E-state index is -0.295. The summed E-state index contributed by atoms with van der Waals surface area (Å²) in [6.45, 7) is 0.926. The van der Waals surface area contributed by atoms with Crippen molar-refractivity contribution in [3.05, 3.63) is 0 Å². The van der Waals surface area contributed by atoms with Gasteiger partial charge in [0.15, 0.2) is 0 Å². The first-order chi connectivity index (χ1) is 9.80. The van der Waals surface area contributed by atoms with Crippen LogP contribution in [0.2, 0.25) is 0 Å². The molecule has 0 aromatic heterocycles. The second-order valence-corrected chi connectivity index (χ2v) is 7.17. The Morgan fingerprint density at radius 1 is 1.05 bits per heavy atom. The fourth-order valence-corrected chi connectivity index (χ4v) is 3.88. The number of hydrogen-bond donors (Lipinski definition) is 1. The summed E-state index contributed by atoms with van der Waals surface area (Å²) in [6.07, 6.45) is 13.8. The van der Waals surface area contributed by atoms with Crippen molar-refractivity contribution in [2.75, 3.05) is 6.61 Å². The Morgan fingerprint density at radius 2 is 1.85 bits per heavy atom. The molecule has 0 radical (unpaired) electrons. The predicted octanol–water partition coefficient (Wildman–Crippen LogP) is 3.54. The van der Waals surface area contributed by atoms with E-state index in [-0.39, 0.29) is 5.54 Å². The Balaban J connectivity index is 1.47. The van der Waals surface area contributed by atoms with E-state index in [1.807, 2.05) is 0 Å². The van der Waals surface area contributed by atoms with E-state index in [0.29, 0.717) is 12.1 Å². The third-order valence-corrected chi connectivity index (χ3v) is 5.27. The van der Waals surface area contributed by atoms with Crippen LogP contribution in [0, 0.1) is 17.2 Å². The van der Waals surface area contributed by atoms with Crippen LogP contribution < -0.4 is 5.32 Å². The maximum absolute atomic E-state index is 9.58. The number of nitriles is 1. The van der Waals surface area contributed by atoms with Crippen LogP contribution in [-0.4, -0.2) is 24.3 Å². The molecular formula is C17H28N2O. The van der Waals surface area contributed by atoms with Crippen LogP contribution in [0.25, 0.3) is 0 Å². The fraction of sp³-hybridized carbons (Fsp3) is 0.941. The van der Waals surface area contributed by atoms with Gasteiger partial charge >= 0.3 is 0 Å². The molecule has 0 heterocycles. The smallest absolute Gasteiger partial charge is 0.109 e. The molecule has 0 aromatic rings. The first-order valence-electron chi connectivity index (χ1n) is 8.60. The third kappa shape index (κ3) is 3.74. The number of hydrogen-bond acceptors (Lipinski definition) is 3. The van der Waals surface area contributed by atoms with Gasteiger partial charge in [-0.05, 0) is 50.9 Å². The quantitative estimate of drug-likeness (QED) is 0.835. The van der Waals surface area contributed by atoms with Crippen LogP contribution in [-0.2, 0) is 4.74 Å². The van der Waals surface area contributed by atoms with E-state index in [4.69, 9.17) is 4.74 Å². The molecular weight excluding hydrogens is 248 g/mol. The molecule has 3 aliphatic carbocycles. The van der Waals surface area contributed by atoms with Gasteiger partial charge in [-0.25, -0.2) is 0 Å². The summed E-state index contributed by atoms with van der Waals surface area (Å²) in [6, 6.07) is 3.17. The number of rotatable bonds is 5. The highest BCUT2D eigenvalue weighted by molar-refractivity contribution is 5.12. The van der Waals surface area contributed by atoms with Gasteiger partial charge < -0.3 is 4.74 Å². The minimum absolute atomic E-state index is 0.295. The molecule has 0 spiro atoms. The molecule has 0 aliphatic heterocycles. The Bertz CT molecular complexity index is 354. The van der Waals surface area contributed by atoms with Crippen LogP contribution >= 0.6 is 0 Å². The van der Waals surface area contributed by atoms with Crippen molar-refractivity contribution in [2.45, 2.75) is 88.3 Å². The molecule has 20 heavy (non-hydrogen) atoms. The molecule has 3 rings (SSSR count). The van der Waals surface area contributed by atoms with Gasteiger partial charge in [0.1, 0.15) is 5.54 Å². The number of nitrogens with zero attached hydrogens (tertiary/aromatic N) is 1. The van der Waals surface area contributed by atoms with Gasteiger partial charge in [0.05, 0.1) is 12.2 Å². The molecule has 0 bridgehead atoms. The molecule has 3 nitrogen and oxygen atoms in total. The second-order valence-electron chi connectivity index (χ2n) is 7.17. The SMILES string of the molecule is N#CC1(NC2CC2)CCCC(OCC2CCCCC2)C1. The lowest BCUT2D eigenvalue weighted by Gasteiger charge is -2.37. The van der Waals surface area contributed by atoms with Gasteiger partial charge in [0.25, 0.3) is 0 Å². The highest BCUT2D eigenvalue weighted by Crippen LogP contribution is 2.34. The zero-order valence-electron chi connectivity index (χ0n) is 12.6. The van der Waals surface area contributed by atoms with E-state index in [2.05, 4.69) is 11.4 Å². The Kier molecular flexibility index (Phi) is 4.63. The molecule has 1 N–H and O–H groups in total. The van der Waals surface area contributed by atoms with Crippen molar-refractivity contribution >= 4 is 0 Å². The molecule has 0 amide bonds. The lowest BCUT2D eigenvalue weighted by Crippen LogP contribution is -2.50. The lowest BCUT2D eigenvalue weighted by atomic mass is 9.81. The van der Waals surface area contributed by atoms with Gasteiger partial charge in [0.2, 0.25) is 0 Å². The van der Waals surface area contributed by atoms with E-state index in [0.717, 1.165) is 38.2 Å². The van der Waals surface area contributed by atoms with E-state index in [1.54, 1.807) is 0 Å². The average molecular weight is 276 g/mol. The molecule has 2 atom stereocenters. The number of nitrogens with one attached hydrogen (secondary N) is 1. The summed E-state index contributed by atoms with van der Waals surface area (Å²) in [4.78, 5) is 0. The molecule has 3 aliphatic rings. The highest BCUT2D eigenvalue weighted by Gasteiger charge is 2.40. The van der Waals surface area contributed by atoms with E-state index in [1.165, 1.54) is 44.9 Å². The first-order valence-corrected chi connectivity index (χ1v) is 8.60. The Hall–Kier alpha value is -0.590. The van der Waals surface area contributed by atoms with Crippen molar-refractivity contribution < 1.29 is 4.74 Å². The molecule has 0 aromatic carbocycles. The number of ether oxygens (including phenoxy) is 1. The van der Waals surface area contributed by atoms with Crippen molar-refractivity contribution in [3.63, 3.8) is 0 Å². The van der Waals surface area contributed by atoms with Crippen LogP contribution in [0.15, 0.2) is 0 Å². The molecule has 3 heteroatoms. The molecule has 3 saturated carbocycles. The van der Waals surface area contributed by atoms with Gasteiger partial charge in [-0.1, -0.05) is 19.3 Å². The van der Waals surface area contributed by atoms with Crippen LogP contribution in [0.5, 0.6) is 0 Å². The largest absolute Gasteiger partial charge is 0.378 e. The summed E-state index contributed by atoms with van der Waals surface area (Å²) in [5.74, 6) is 0.776. The summed E-state index contributed by atoms with van der Waals surface area (Å²) in [5, 5.41) is 13.2. The zero-order chi connectivity index (χ0) is 13.8. The second kappa shape index (κ2) is 6.45. The molecule has 112 valence electrons. The van der Waals surface area contributed by atoms with Gasteiger partial charge in [-0.2, -0.15) is 5.26 Å². The van der Waals surface area contributed by atoms with Crippen molar-refractivity contribution in [1.29, 1.82) is 5.26 Å². The van der Waals surface area contributed by atoms with Crippen LogP contribution in [0.1, 0.15) is 70.6 Å². The van der Waals surface area contributed by atoms with Gasteiger partial charge in [-0.15, -0.1) is 0 Å². The summed E-state index contributed by atoms with van der Waals surface area (Å²) in [7, 11) is 0. The van der Waals surface area contributed by atoms with E-state index in [9.17, 15) is 5.26 Å². The van der Waals surface area contributed by atoms with Crippen molar-refractivity contribution in [2.24, 2.45) is 5.92 Å².